The molecule has 1 heterocycles. The van der Waals surface area contributed by atoms with Gasteiger partial charge in [0, 0.05) is 22.6 Å². The summed E-state index contributed by atoms with van der Waals surface area (Å²) >= 11 is 0. The molecule has 5 heteroatoms. The summed E-state index contributed by atoms with van der Waals surface area (Å²) in [7, 11) is 0. The highest BCUT2D eigenvalue weighted by molar-refractivity contribution is 5.71. The molecule has 2 nitrogen and oxygen atoms in total. The van der Waals surface area contributed by atoms with Crippen LogP contribution in [0.1, 0.15) is 50.5 Å². The highest BCUT2D eigenvalue weighted by atomic mass is 19.2. The highest BCUT2D eigenvalue weighted by Gasteiger charge is 2.24. The molecule has 0 N–H and O–H groups in total. The van der Waals surface area contributed by atoms with Crippen LogP contribution in [0.3, 0.4) is 0 Å². The topological polar surface area (TPSA) is 18.5 Å². The Morgan fingerprint density at radius 1 is 0.857 bits per heavy atom. The largest absolute Gasteiger partial charge is 0.348 e. The first-order valence-corrected chi connectivity index (χ1v) is 12.2. The maximum Gasteiger partial charge on any atom is 0.183 e. The Morgan fingerprint density at radius 2 is 1.51 bits per heavy atom. The van der Waals surface area contributed by atoms with Crippen molar-refractivity contribution in [2.24, 2.45) is 5.92 Å². The van der Waals surface area contributed by atoms with E-state index in [0.29, 0.717) is 53.4 Å². The van der Waals surface area contributed by atoms with Crippen LogP contribution in [0.2, 0.25) is 0 Å². The molecule has 3 aromatic rings. The zero-order chi connectivity index (χ0) is 24.8. The van der Waals surface area contributed by atoms with Crippen molar-refractivity contribution in [1.29, 1.82) is 0 Å². The van der Waals surface area contributed by atoms with E-state index >= 15 is 4.39 Å². The molecule has 184 valence electrons. The molecule has 0 amide bonds. The van der Waals surface area contributed by atoms with Gasteiger partial charge < -0.3 is 9.47 Å². The van der Waals surface area contributed by atoms with Crippen molar-refractivity contribution in [3.8, 4) is 22.3 Å². The van der Waals surface area contributed by atoms with E-state index in [4.69, 9.17) is 9.47 Å². The number of benzene rings is 3. The number of aryl methyl sites for hydroxylation is 1. The molecule has 0 unspecified atom stereocenters. The summed E-state index contributed by atoms with van der Waals surface area (Å²) in [5.74, 6) is -1.70. The fourth-order valence-corrected chi connectivity index (χ4v) is 4.42. The van der Waals surface area contributed by atoms with Crippen LogP contribution in [0.25, 0.3) is 22.3 Å². The smallest absolute Gasteiger partial charge is 0.183 e. The third-order valence-electron chi connectivity index (χ3n) is 6.40. The average Bonchev–Trinajstić information content (AvgIpc) is 2.88. The minimum absolute atomic E-state index is 0.195. The lowest BCUT2D eigenvalue weighted by atomic mass is 9.97. The Balaban J connectivity index is 1.46. The van der Waals surface area contributed by atoms with E-state index in [1.165, 1.54) is 6.07 Å². The molecule has 0 atom stereocenters. The standard InChI is InChI=1S/C30H31F3O2/c1-3-5-6-8-20-18-34-30(35-19-20)24-14-15-25(27(31)17-24)21-9-11-22(12-10-21)26-16-13-23(7-4-2)28(32)29(26)33/h3,5,9-17,20,30H,4,6-8,18-19H2,1-2H3/b5-3+. The highest BCUT2D eigenvalue weighted by Crippen LogP contribution is 2.33. The number of hydrogen-bond donors (Lipinski definition) is 0. The van der Waals surface area contributed by atoms with Crippen LogP contribution in [-0.4, -0.2) is 13.2 Å². The zero-order valence-corrected chi connectivity index (χ0v) is 20.2. The molecular weight excluding hydrogens is 449 g/mol. The van der Waals surface area contributed by atoms with E-state index in [9.17, 15) is 8.78 Å². The lowest BCUT2D eigenvalue weighted by Crippen LogP contribution is -2.27. The molecule has 0 aromatic heterocycles. The number of hydrogen-bond acceptors (Lipinski definition) is 2. The number of allylic oxidation sites excluding steroid dienone is 2. The van der Waals surface area contributed by atoms with E-state index in [1.807, 2.05) is 19.9 Å². The van der Waals surface area contributed by atoms with Gasteiger partial charge in [-0.25, -0.2) is 13.2 Å². The Labute approximate surface area is 205 Å². The quantitative estimate of drug-likeness (QED) is 0.301. The van der Waals surface area contributed by atoms with E-state index in [2.05, 4.69) is 6.08 Å². The summed E-state index contributed by atoms with van der Waals surface area (Å²) in [4.78, 5) is 0. The van der Waals surface area contributed by atoms with Crippen molar-refractivity contribution in [3.63, 3.8) is 0 Å². The van der Waals surface area contributed by atoms with Gasteiger partial charge in [0.15, 0.2) is 17.9 Å². The maximum atomic E-state index is 15.0. The van der Waals surface area contributed by atoms with Gasteiger partial charge >= 0.3 is 0 Å². The van der Waals surface area contributed by atoms with Gasteiger partial charge in [0.05, 0.1) is 13.2 Å². The lowest BCUT2D eigenvalue weighted by Gasteiger charge is -2.29. The molecule has 1 aliphatic heterocycles. The minimum atomic E-state index is -0.851. The SMILES string of the molecule is C/C=C/CCC1COC(c2ccc(-c3ccc(-c4ccc(CCC)c(F)c4F)cc3)c(F)c2)OC1. The van der Waals surface area contributed by atoms with Crippen LogP contribution in [0, 0.1) is 23.4 Å². The van der Waals surface area contributed by atoms with Gasteiger partial charge in [-0.3, -0.25) is 0 Å². The third kappa shape index (κ3) is 5.85. The van der Waals surface area contributed by atoms with Crippen molar-refractivity contribution in [2.75, 3.05) is 13.2 Å². The van der Waals surface area contributed by atoms with Gasteiger partial charge in [-0.05, 0) is 48.9 Å². The molecule has 1 saturated heterocycles. The Bertz CT molecular complexity index is 1160. The second-order valence-corrected chi connectivity index (χ2v) is 8.98. The second kappa shape index (κ2) is 11.7. The fraction of sp³-hybridized carbons (Fsp3) is 0.333. The summed E-state index contributed by atoms with van der Waals surface area (Å²) in [6, 6.07) is 15.0. The average molecular weight is 481 g/mol. The first kappa shape index (κ1) is 25.2. The Kier molecular flexibility index (Phi) is 8.42. The van der Waals surface area contributed by atoms with Crippen molar-refractivity contribution >= 4 is 0 Å². The minimum Gasteiger partial charge on any atom is -0.348 e. The van der Waals surface area contributed by atoms with Crippen LogP contribution < -0.4 is 0 Å². The predicted octanol–water partition coefficient (Wildman–Crippen LogP) is 8.41. The van der Waals surface area contributed by atoms with Crippen LogP contribution in [0.4, 0.5) is 13.2 Å². The monoisotopic (exact) mass is 480 g/mol. The molecule has 35 heavy (non-hydrogen) atoms. The van der Waals surface area contributed by atoms with Crippen LogP contribution >= 0.6 is 0 Å². The molecular formula is C30H31F3O2. The predicted molar refractivity (Wildman–Crippen MR) is 133 cm³/mol. The summed E-state index contributed by atoms with van der Waals surface area (Å²) in [5, 5.41) is 0. The van der Waals surface area contributed by atoms with E-state index in [1.54, 1.807) is 48.5 Å². The van der Waals surface area contributed by atoms with Gasteiger partial charge in [0.1, 0.15) is 5.82 Å². The van der Waals surface area contributed by atoms with E-state index < -0.39 is 23.7 Å². The van der Waals surface area contributed by atoms with Crippen LogP contribution in [-0.2, 0) is 15.9 Å². The summed E-state index contributed by atoms with van der Waals surface area (Å²) in [6.45, 7) is 5.10. The van der Waals surface area contributed by atoms with Crippen LogP contribution in [0.15, 0.2) is 66.7 Å². The number of ether oxygens (including phenoxy) is 2. The van der Waals surface area contributed by atoms with Gasteiger partial charge in [-0.1, -0.05) is 74.0 Å². The maximum absolute atomic E-state index is 15.0. The second-order valence-electron chi connectivity index (χ2n) is 8.98. The summed E-state index contributed by atoms with van der Waals surface area (Å²) < 4.78 is 55.7. The lowest BCUT2D eigenvalue weighted by molar-refractivity contribution is -0.205. The fourth-order valence-electron chi connectivity index (χ4n) is 4.42. The number of halogens is 3. The molecule has 1 aliphatic rings. The van der Waals surface area contributed by atoms with Crippen molar-refractivity contribution in [2.45, 2.75) is 45.8 Å². The van der Waals surface area contributed by atoms with Gasteiger partial charge in [-0.15, -0.1) is 0 Å². The Hall–Kier alpha value is -2.89. The molecule has 1 fully saturated rings. The first-order valence-electron chi connectivity index (χ1n) is 12.2. The van der Waals surface area contributed by atoms with E-state index in [0.717, 1.165) is 19.3 Å². The van der Waals surface area contributed by atoms with Crippen molar-refractivity contribution in [1.82, 2.24) is 0 Å². The van der Waals surface area contributed by atoms with Crippen molar-refractivity contribution in [3.05, 3.63) is 95.3 Å². The zero-order valence-electron chi connectivity index (χ0n) is 20.2. The van der Waals surface area contributed by atoms with Crippen LogP contribution in [0.5, 0.6) is 0 Å². The summed E-state index contributed by atoms with van der Waals surface area (Å²) in [5.41, 5.74) is 2.82. The van der Waals surface area contributed by atoms with Gasteiger partial charge in [-0.2, -0.15) is 0 Å². The Morgan fingerprint density at radius 3 is 2.14 bits per heavy atom. The van der Waals surface area contributed by atoms with Gasteiger partial charge in [0.25, 0.3) is 0 Å². The van der Waals surface area contributed by atoms with Gasteiger partial charge in [0.2, 0.25) is 0 Å². The molecule has 0 aliphatic carbocycles. The molecule has 0 bridgehead atoms. The molecule has 4 rings (SSSR count). The number of rotatable bonds is 8. The molecule has 3 aromatic carbocycles. The first-order chi connectivity index (χ1) is 17.0. The molecule has 0 spiro atoms. The van der Waals surface area contributed by atoms with Crippen molar-refractivity contribution < 1.29 is 22.6 Å². The van der Waals surface area contributed by atoms with E-state index in [-0.39, 0.29) is 5.56 Å². The normalized spacial score (nSPS) is 18.3. The third-order valence-corrected chi connectivity index (χ3v) is 6.40. The summed E-state index contributed by atoms with van der Waals surface area (Å²) in [6.07, 6.45) is 6.81. The molecule has 0 radical (unpaired) electrons. The molecule has 0 saturated carbocycles.